The van der Waals surface area contributed by atoms with Crippen LogP contribution < -0.4 is 5.32 Å². The van der Waals surface area contributed by atoms with E-state index in [1.54, 1.807) is 6.07 Å². The fourth-order valence-electron chi connectivity index (χ4n) is 2.42. The van der Waals surface area contributed by atoms with Crippen molar-refractivity contribution in [2.45, 2.75) is 32.1 Å². The molecule has 0 atom stereocenters. The van der Waals surface area contributed by atoms with Crippen molar-refractivity contribution >= 4 is 38.3 Å². The third-order valence-electron chi connectivity index (χ3n) is 3.49. The van der Waals surface area contributed by atoms with Crippen molar-refractivity contribution < 1.29 is 9.18 Å². The summed E-state index contributed by atoms with van der Waals surface area (Å²) in [6, 6.07) is 4.32. The summed E-state index contributed by atoms with van der Waals surface area (Å²) in [5.41, 5.74) is 1.11. The Kier molecular flexibility index (Phi) is 4.35. The Morgan fingerprint density at radius 1 is 1.29 bits per heavy atom. The third-order valence-corrected chi connectivity index (χ3v) is 5.06. The van der Waals surface area contributed by atoms with Crippen LogP contribution in [0.4, 0.5) is 9.52 Å². The molecule has 1 N–H and O–H groups in total. The van der Waals surface area contributed by atoms with Crippen LogP contribution in [0, 0.1) is 5.82 Å². The molecule has 1 aliphatic carbocycles. The molecule has 1 aromatic heterocycles. The molecule has 2 aromatic rings. The van der Waals surface area contributed by atoms with Gasteiger partial charge >= 0.3 is 0 Å². The van der Waals surface area contributed by atoms with Crippen LogP contribution in [0.3, 0.4) is 0 Å². The van der Waals surface area contributed by atoms with Crippen molar-refractivity contribution in [2.24, 2.45) is 0 Å². The largest absolute Gasteiger partial charge is 0.298 e. The highest BCUT2D eigenvalue weighted by Gasteiger charge is 2.17. The molecule has 0 radical (unpaired) electrons. The smallest absolute Gasteiger partial charge is 0.260 e. The molecular weight excluding hydrogens is 355 g/mol. The second kappa shape index (κ2) is 6.23. The lowest BCUT2D eigenvalue weighted by molar-refractivity contribution is 0.102. The summed E-state index contributed by atoms with van der Waals surface area (Å²) in [6.45, 7) is 0. The van der Waals surface area contributed by atoms with Crippen LogP contribution in [0.25, 0.3) is 0 Å². The Balaban J connectivity index is 1.80. The standard InChI is InChI=1S/C15H14BrFN2OS/c16-9-6-7-11(17)10(8-9)14(20)19-15-18-12-4-2-1-3-5-13(12)21-15/h6-8H,1-5H2,(H,18,19,20). The number of benzene rings is 1. The zero-order chi connectivity index (χ0) is 14.8. The molecule has 0 saturated heterocycles. The number of hydrogen-bond acceptors (Lipinski definition) is 3. The average Bonchev–Trinajstić information content (AvgIpc) is 2.70. The molecule has 6 heteroatoms. The Morgan fingerprint density at radius 3 is 2.95 bits per heavy atom. The number of fused-ring (bicyclic) bond motifs is 1. The van der Waals surface area contributed by atoms with E-state index in [9.17, 15) is 9.18 Å². The van der Waals surface area contributed by atoms with E-state index in [1.165, 1.54) is 41.2 Å². The van der Waals surface area contributed by atoms with Gasteiger partial charge < -0.3 is 0 Å². The molecule has 1 heterocycles. The topological polar surface area (TPSA) is 42.0 Å². The van der Waals surface area contributed by atoms with Crippen LogP contribution in [-0.2, 0) is 12.8 Å². The van der Waals surface area contributed by atoms with E-state index in [-0.39, 0.29) is 5.56 Å². The fourth-order valence-corrected chi connectivity index (χ4v) is 3.82. The molecular formula is C15H14BrFN2OS. The predicted octanol–water partition coefficient (Wildman–Crippen LogP) is 4.57. The van der Waals surface area contributed by atoms with Crippen molar-refractivity contribution in [1.29, 1.82) is 0 Å². The summed E-state index contributed by atoms with van der Waals surface area (Å²) >= 11 is 4.75. The van der Waals surface area contributed by atoms with Gasteiger partial charge in [-0.1, -0.05) is 22.4 Å². The zero-order valence-corrected chi connectivity index (χ0v) is 13.7. The van der Waals surface area contributed by atoms with Gasteiger partial charge in [-0.3, -0.25) is 10.1 Å². The lowest BCUT2D eigenvalue weighted by Gasteiger charge is -2.03. The van der Waals surface area contributed by atoms with E-state index in [2.05, 4.69) is 26.2 Å². The third kappa shape index (κ3) is 3.32. The van der Waals surface area contributed by atoms with Gasteiger partial charge in [0, 0.05) is 9.35 Å². The van der Waals surface area contributed by atoms with E-state index < -0.39 is 11.7 Å². The zero-order valence-electron chi connectivity index (χ0n) is 11.3. The number of carbonyl (C=O) groups excluding carboxylic acids is 1. The number of anilines is 1. The average molecular weight is 369 g/mol. The number of nitrogens with one attached hydrogen (secondary N) is 1. The van der Waals surface area contributed by atoms with Gasteiger partial charge in [0.25, 0.3) is 5.91 Å². The number of aryl methyl sites for hydroxylation is 2. The number of thiazole rings is 1. The molecule has 0 saturated carbocycles. The second-order valence-corrected chi connectivity index (χ2v) is 7.03. The van der Waals surface area contributed by atoms with Crippen molar-refractivity contribution in [2.75, 3.05) is 5.32 Å². The van der Waals surface area contributed by atoms with Crippen molar-refractivity contribution in [3.8, 4) is 0 Å². The molecule has 21 heavy (non-hydrogen) atoms. The highest BCUT2D eigenvalue weighted by Crippen LogP contribution is 2.29. The minimum atomic E-state index is -0.534. The molecule has 0 spiro atoms. The summed E-state index contributed by atoms with van der Waals surface area (Å²) in [5.74, 6) is -0.994. The number of rotatable bonds is 2. The normalized spacial score (nSPS) is 14.4. The molecule has 1 amide bonds. The first-order valence-electron chi connectivity index (χ1n) is 6.88. The maximum absolute atomic E-state index is 13.7. The van der Waals surface area contributed by atoms with E-state index >= 15 is 0 Å². The van der Waals surface area contributed by atoms with Crippen LogP contribution >= 0.6 is 27.3 Å². The number of carbonyl (C=O) groups is 1. The number of aromatic nitrogens is 1. The van der Waals surface area contributed by atoms with Crippen LogP contribution in [0.5, 0.6) is 0 Å². The van der Waals surface area contributed by atoms with Gasteiger partial charge in [-0.25, -0.2) is 9.37 Å². The molecule has 3 nitrogen and oxygen atoms in total. The minimum Gasteiger partial charge on any atom is -0.298 e. The predicted molar refractivity (Wildman–Crippen MR) is 85.4 cm³/mol. The number of nitrogens with zero attached hydrogens (tertiary/aromatic N) is 1. The molecule has 0 aliphatic heterocycles. The molecule has 0 fully saturated rings. The monoisotopic (exact) mass is 368 g/mol. The summed E-state index contributed by atoms with van der Waals surface area (Å²) < 4.78 is 14.4. The van der Waals surface area contributed by atoms with Crippen LogP contribution in [-0.4, -0.2) is 10.9 Å². The van der Waals surface area contributed by atoms with Crippen molar-refractivity contribution in [3.05, 3.63) is 44.6 Å². The first kappa shape index (κ1) is 14.7. The lowest BCUT2D eigenvalue weighted by atomic mass is 10.2. The molecule has 1 aromatic carbocycles. The minimum absolute atomic E-state index is 0.0229. The number of hydrogen-bond donors (Lipinski definition) is 1. The van der Waals surface area contributed by atoms with Crippen LogP contribution in [0.1, 0.15) is 40.2 Å². The van der Waals surface area contributed by atoms with Gasteiger partial charge in [-0.15, -0.1) is 11.3 Å². The fraction of sp³-hybridized carbons (Fsp3) is 0.333. The Hall–Kier alpha value is -1.27. The number of halogens is 2. The van der Waals surface area contributed by atoms with E-state index in [0.717, 1.165) is 25.0 Å². The molecule has 3 rings (SSSR count). The summed E-state index contributed by atoms with van der Waals surface area (Å²) in [5, 5.41) is 3.27. The van der Waals surface area contributed by atoms with Gasteiger partial charge in [0.15, 0.2) is 5.13 Å². The molecule has 0 bridgehead atoms. The van der Waals surface area contributed by atoms with Gasteiger partial charge in [0.2, 0.25) is 0 Å². The summed E-state index contributed by atoms with van der Waals surface area (Å²) in [7, 11) is 0. The maximum atomic E-state index is 13.7. The summed E-state index contributed by atoms with van der Waals surface area (Å²) in [4.78, 5) is 17.9. The van der Waals surface area contributed by atoms with Crippen molar-refractivity contribution in [1.82, 2.24) is 4.98 Å². The molecule has 1 aliphatic rings. The maximum Gasteiger partial charge on any atom is 0.260 e. The van der Waals surface area contributed by atoms with Crippen LogP contribution in [0.15, 0.2) is 22.7 Å². The Morgan fingerprint density at radius 2 is 2.10 bits per heavy atom. The Labute approximate surface area is 134 Å². The first-order chi connectivity index (χ1) is 10.1. The second-order valence-electron chi connectivity index (χ2n) is 5.03. The molecule has 0 unspecified atom stereocenters. The van der Waals surface area contributed by atoms with E-state index in [1.807, 2.05) is 0 Å². The first-order valence-corrected chi connectivity index (χ1v) is 8.49. The highest BCUT2D eigenvalue weighted by molar-refractivity contribution is 9.10. The number of amides is 1. The van der Waals surface area contributed by atoms with E-state index in [4.69, 9.17) is 0 Å². The van der Waals surface area contributed by atoms with Gasteiger partial charge in [0.05, 0.1) is 11.3 Å². The molecule has 110 valence electrons. The Bertz CT molecular complexity index is 663. The van der Waals surface area contributed by atoms with Crippen LogP contribution in [0.2, 0.25) is 0 Å². The van der Waals surface area contributed by atoms with E-state index in [0.29, 0.717) is 9.60 Å². The van der Waals surface area contributed by atoms with Gasteiger partial charge in [-0.05, 0) is 43.9 Å². The quantitative estimate of drug-likeness (QED) is 0.789. The van der Waals surface area contributed by atoms with Crippen molar-refractivity contribution in [3.63, 3.8) is 0 Å². The van der Waals surface area contributed by atoms with Gasteiger partial charge in [0.1, 0.15) is 5.82 Å². The summed E-state index contributed by atoms with van der Waals surface area (Å²) in [6.07, 6.45) is 5.53. The SMILES string of the molecule is O=C(Nc1nc2c(s1)CCCCC2)c1cc(Br)ccc1F. The van der Waals surface area contributed by atoms with Gasteiger partial charge in [-0.2, -0.15) is 0 Å². The lowest BCUT2D eigenvalue weighted by Crippen LogP contribution is -2.13. The highest BCUT2D eigenvalue weighted by atomic mass is 79.9.